The Labute approximate surface area is 157 Å². The lowest BCUT2D eigenvalue weighted by atomic mass is 10.1. The minimum Gasteiger partial charge on any atom is -0.491 e. The Balaban J connectivity index is 2.02. The number of anilines is 1. The maximum Gasteiger partial charge on any atom is 0.410 e. The summed E-state index contributed by atoms with van der Waals surface area (Å²) in [4.78, 5) is 16.4. The minimum absolute atomic E-state index is 0.110. The highest BCUT2D eigenvalue weighted by atomic mass is 16.6. The number of amides is 1. The minimum atomic E-state index is -0.470. The number of nitrogen functional groups attached to an aromatic ring is 1. The SMILES string of the molecule is CC(C)Oc1ccc(N)cc1CN1CCN(C(=O)OC(C)(C)C)C[C@H]1C. The Morgan fingerprint density at radius 1 is 1.31 bits per heavy atom. The van der Waals surface area contributed by atoms with Crippen LogP contribution in [0.4, 0.5) is 10.5 Å². The topological polar surface area (TPSA) is 68.0 Å². The van der Waals surface area contributed by atoms with Gasteiger partial charge in [-0.25, -0.2) is 4.79 Å². The Kier molecular flexibility index (Phi) is 6.39. The molecule has 2 rings (SSSR count). The molecular formula is C20H33N3O3. The van der Waals surface area contributed by atoms with Gasteiger partial charge in [-0.2, -0.15) is 0 Å². The zero-order valence-corrected chi connectivity index (χ0v) is 16.9. The molecule has 26 heavy (non-hydrogen) atoms. The lowest BCUT2D eigenvalue weighted by Gasteiger charge is -2.40. The van der Waals surface area contributed by atoms with Crippen LogP contribution >= 0.6 is 0 Å². The summed E-state index contributed by atoms with van der Waals surface area (Å²) in [6.45, 7) is 14.7. The molecule has 0 saturated carbocycles. The summed E-state index contributed by atoms with van der Waals surface area (Å²) in [5, 5.41) is 0. The van der Waals surface area contributed by atoms with Gasteiger partial charge in [0.2, 0.25) is 0 Å². The Hall–Kier alpha value is -1.95. The van der Waals surface area contributed by atoms with E-state index in [-0.39, 0.29) is 18.2 Å². The van der Waals surface area contributed by atoms with E-state index in [0.717, 1.165) is 30.1 Å². The third kappa shape index (κ3) is 5.80. The first-order chi connectivity index (χ1) is 12.0. The second kappa shape index (κ2) is 8.16. The standard InChI is InChI=1S/C20H33N3O3/c1-14(2)25-18-8-7-17(21)11-16(18)13-22-9-10-23(12-15(22)3)19(24)26-20(4,5)6/h7-8,11,14-15H,9-10,12-13,21H2,1-6H3/t15-/m1/s1. The van der Waals surface area contributed by atoms with Crippen LogP contribution in [0.25, 0.3) is 0 Å². The largest absolute Gasteiger partial charge is 0.491 e. The van der Waals surface area contributed by atoms with Crippen molar-refractivity contribution in [3.63, 3.8) is 0 Å². The second-order valence-electron chi connectivity index (χ2n) is 8.28. The van der Waals surface area contributed by atoms with Gasteiger partial charge in [0.25, 0.3) is 0 Å². The van der Waals surface area contributed by atoms with Crippen LogP contribution in [-0.2, 0) is 11.3 Å². The van der Waals surface area contributed by atoms with Gasteiger partial charge in [0.1, 0.15) is 11.4 Å². The molecule has 1 aromatic carbocycles. The van der Waals surface area contributed by atoms with Gasteiger partial charge in [0, 0.05) is 43.5 Å². The fourth-order valence-electron chi connectivity index (χ4n) is 3.03. The van der Waals surface area contributed by atoms with Gasteiger partial charge in [0.05, 0.1) is 6.10 Å². The van der Waals surface area contributed by atoms with Crippen LogP contribution in [0.2, 0.25) is 0 Å². The van der Waals surface area contributed by atoms with Crippen molar-refractivity contribution in [2.75, 3.05) is 25.4 Å². The third-order valence-corrected chi connectivity index (χ3v) is 4.24. The summed E-state index contributed by atoms with van der Waals surface area (Å²) in [5.41, 5.74) is 7.32. The van der Waals surface area contributed by atoms with E-state index in [9.17, 15) is 4.79 Å². The van der Waals surface area contributed by atoms with Crippen molar-refractivity contribution in [3.05, 3.63) is 23.8 Å². The number of carbonyl (C=O) groups is 1. The van der Waals surface area contributed by atoms with Crippen LogP contribution in [0.3, 0.4) is 0 Å². The third-order valence-electron chi connectivity index (χ3n) is 4.24. The number of rotatable bonds is 4. The van der Waals surface area contributed by atoms with Crippen LogP contribution in [0, 0.1) is 0 Å². The van der Waals surface area contributed by atoms with Crippen LogP contribution in [0.1, 0.15) is 47.1 Å². The molecule has 6 nitrogen and oxygen atoms in total. The first-order valence-corrected chi connectivity index (χ1v) is 9.32. The molecule has 1 fully saturated rings. The van der Waals surface area contributed by atoms with Gasteiger partial charge in [0.15, 0.2) is 0 Å². The molecule has 1 aromatic rings. The van der Waals surface area contributed by atoms with Gasteiger partial charge in [-0.15, -0.1) is 0 Å². The van der Waals surface area contributed by atoms with Crippen LogP contribution in [0.15, 0.2) is 18.2 Å². The van der Waals surface area contributed by atoms with Gasteiger partial charge in [-0.1, -0.05) is 0 Å². The lowest BCUT2D eigenvalue weighted by molar-refractivity contribution is 0.00445. The quantitative estimate of drug-likeness (QED) is 0.829. The number of carbonyl (C=O) groups excluding carboxylic acids is 1. The molecule has 0 bridgehead atoms. The van der Waals surface area contributed by atoms with E-state index in [1.54, 1.807) is 4.90 Å². The summed E-state index contributed by atoms with van der Waals surface area (Å²) in [7, 11) is 0. The zero-order valence-electron chi connectivity index (χ0n) is 16.9. The lowest BCUT2D eigenvalue weighted by Crippen LogP contribution is -2.54. The van der Waals surface area contributed by atoms with Crippen molar-refractivity contribution in [2.24, 2.45) is 0 Å². The molecule has 1 atom stereocenters. The fraction of sp³-hybridized carbons (Fsp3) is 0.650. The highest BCUT2D eigenvalue weighted by Crippen LogP contribution is 2.26. The van der Waals surface area contributed by atoms with Crippen molar-refractivity contribution in [2.45, 2.75) is 65.8 Å². The molecule has 146 valence electrons. The molecule has 1 aliphatic heterocycles. The monoisotopic (exact) mass is 363 g/mol. The van der Waals surface area contributed by atoms with Crippen LogP contribution < -0.4 is 10.5 Å². The molecular weight excluding hydrogens is 330 g/mol. The first kappa shape index (κ1) is 20.4. The number of nitrogens with zero attached hydrogens (tertiary/aromatic N) is 2. The summed E-state index contributed by atoms with van der Waals surface area (Å²) in [6.07, 6.45) is -0.129. The molecule has 0 spiro atoms. The molecule has 0 aliphatic carbocycles. The molecule has 0 radical (unpaired) electrons. The molecule has 2 N–H and O–H groups in total. The summed E-state index contributed by atoms with van der Waals surface area (Å²) in [6, 6.07) is 6.01. The molecule has 1 heterocycles. The molecule has 0 unspecified atom stereocenters. The predicted octanol–water partition coefficient (Wildman–Crippen LogP) is 3.50. The Morgan fingerprint density at radius 3 is 2.58 bits per heavy atom. The number of hydrogen-bond donors (Lipinski definition) is 1. The van der Waals surface area contributed by atoms with E-state index in [1.165, 1.54) is 0 Å². The Bertz CT molecular complexity index is 625. The molecule has 0 aromatic heterocycles. The van der Waals surface area contributed by atoms with Gasteiger partial charge >= 0.3 is 6.09 Å². The molecule has 1 saturated heterocycles. The average molecular weight is 364 g/mol. The maximum atomic E-state index is 12.3. The van der Waals surface area contributed by atoms with Gasteiger partial charge in [-0.05, 0) is 59.7 Å². The average Bonchev–Trinajstić information content (AvgIpc) is 2.49. The van der Waals surface area contributed by atoms with Crippen molar-refractivity contribution in [1.29, 1.82) is 0 Å². The number of benzene rings is 1. The molecule has 6 heteroatoms. The maximum absolute atomic E-state index is 12.3. The summed E-state index contributed by atoms with van der Waals surface area (Å²) >= 11 is 0. The van der Waals surface area contributed by atoms with Gasteiger partial charge < -0.3 is 20.1 Å². The van der Waals surface area contributed by atoms with E-state index in [1.807, 2.05) is 52.8 Å². The smallest absolute Gasteiger partial charge is 0.410 e. The van der Waals surface area contributed by atoms with Crippen LogP contribution in [-0.4, -0.2) is 53.3 Å². The number of nitrogens with two attached hydrogens (primary N) is 1. The highest BCUT2D eigenvalue weighted by Gasteiger charge is 2.30. The first-order valence-electron chi connectivity index (χ1n) is 9.32. The zero-order chi connectivity index (χ0) is 19.5. The van der Waals surface area contributed by atoms with E-state index >= 15 is 0 Å². The second-order valence-corrected chi connectivity index (χ2v) is 8.28. The van der Waals surface area contributed by atoms with Crippen molar-refractivity contribution in [3.8, 4) is 5.75 Å². The van der Waals surface area contributed by atoms with Gasteiger partial charge in [-0.3, -0.25) is 4.90 Å². The van der Waals surface area contributed by atoms with E-state index in [0.29, 0.717) is 13.1 Å². The highest BCUT2D eigenvalue weighted by molar-refractivity contribution is 5.68. The van der Waals surface area contributed by atoms with Crippen molar-refractivity contribution >= 4 is 11.8 Å². The number of hydrogen-bond acceptors (Lipinski definition) is 5. The predicted molar refractivity (Wildman–Crippen MR) is 104 cm³/mol. The molecule has 1 aliphatic rings. The fourth-order valence-corrected chi connectivity index (χ4v) is 3.03. The van der Waals surface area contributed by atoms with Crippen molar-refractivity contribution in [1.82, 2.24) is 9.80 Å². The number of ether oxygens (including phenoxy) is 2. The van der Waals surface area contributed by atoms with E-state index in [4.69, 9.17) is 15.2 Å². The van der Waals surface area contributed by atoms with Crippen molar-refractivity contribution < 1.29 is 14.3 Å². The van der Waals surface area contributed by atoms with E-state index in [2.05, 4.69) is 11.8 Å². The Morgan fingerprint density at radius 2 is 2.00 bits per heavy atom. The summed E-state index contributed by atoms with van der Waals surface area (Å²) < 4.78 is 11.4. The number of piperazine rings is 1. The van der Waals surface area contributed by atoms with Crippen LogP contribution in [0.5, 0.6) is 5.75 Å². The summed E-state index contributed by atoms with van der Waals surface area (Å²) in [5.74, 6) is 0.871. The molecule has 1 amide bonds. The van der Waals surface area contributed by atoms with E-state index < -0.39 is 5.60 Å². The normalized spacial score (nSPS) is 18.9.